The van der Waals surface area contributed by atoms with E-state index < -0.39 is 22.2 Å². The molecule has 0 unspecified atom stereocenters. The molecule has 0 spiro atoms. The number of nitrogens with zero attached hydrogens (tertiary/aromatic N) is 5. The van der Waals surface area contributed by atoms with Crippen molar-refractivity contribution in [1.29, 1.82) is 0 Å². The predicted molar refractivity (Wildman–Crippen MR) is 140 cm³/mol. The number of aliphatic hydroxyl groups is 1. The molecular weight excluding hydrogens is 508 g/mol. The number of piperazine rings is 1. The molecule has 200 valence electrons. The molecule has 2 aromatic carbocycles. The Bertz CT molecular complexity index is 1470. The smallest absolute Gasteiger partial charge is 0.245 e. The Balaban J connectivity index is 1.53. The van der Waals surface area contributed by atoms with E-state index in [9.17, 15) is 23.1 Å². The van der Waals surface area contributed by atoms with Gasteiger partial charge in [-0.1, -0.05) is 55.1 Å². The van der Waals surface area contributed by atoms with Crippen LogP contribution in [0.4, 0.5) is 0 Å². The van der Waals surface area contributed by atoms with E-state index in [0.29, 0.717) is 5.56 Å². The van der Waals surface area contributed by atoms with E-state index in [1.807, 2.05) is 24.3 Å². The first kappa shape index (κ1) is 25.9. The number of allylic oxidation sites excluding steroid dienone is 1. The topological polar surface area (TPSA) is 130 Å². The van der Waals surface area contributed by atoms with E-state index in [1.165, 1.54) is 14.3 Å². The zero-order valence-electron chi connectivity index (χ0n) is 21.0. The van der Waals surface area contributed by atoms with Gasteiger partial charge in [0, 0.05) is 25.4 Å². The summed E-state index contributed by atoms with van der Waals surface area (Å²) in [4.78, 5) is 30.0. The van der Waals surface area contributed by atoms with Crippen LogP contribution in [0.25, 0.3) is 10.9 Å². The Labute approximate surface area is 220 Å². The number of hydrogen-bond acceptors (Lipinski definition) is 7. The summed E-state index contributed by atoms with van der Waals surface area (Å²) in [6.45, 7) is 3.51. The zero-order chi connectivity index (χ0) is 27.0. The number of aliphatic hydroxyl groups excluding tert-OH is 1. The number of amides is 2. The third-order valence-corrected chi connectivity index (χ3v) is 8.78. The number of likely N-dealkylation sites (N-methyl/N-ethyl adjacent to an activating group) is 1. The summed E-state index contributed by atoms with van der Waals surface area (Å²) in [6, 6.07) is 13.5. The number of hydrazine groups is 1. The van der Waals surface area contributed by atoms with Crippen molar-refractivity contribution in [1.82, 2.24) is 29.4 Å². The first-order valence-corrected chi connectivity index (χ1v) is 13.9. The Morgan fingerprint density at radius 1 is 1.16 bits per heavy atom. The fourth-order valence-corrected chi connectivity index (χ4v) is 7.10. The van der Waals surface area contributed by atoms with E-state index in [2.05, 4.69) is 16.8 Å². The summed E-state index contributed by atoms with van der Waals surface area (Å²) in [7, 11) is -2.37. The molecule has 12 heteroatoms. The minimum atomic E-state index is -3.93. The average molecular weight is 539 g/mol. The minimum Gasteiger partial charge on any atom is -0.513 e. The van der Waals surface area contributed by atoms with Gasteiger partial charge in [0.2, 0.25) is 21.8 Å². The molecule has 38 heavy (non-hydrogen) atoms. The maximum absolute atomic E-state index is 13.8. The van der Waals surface area contributed by atoms with Gasteiger partial charge in [0.05, 0.1) is 36.3 Å². The first-order valence-electron chi connectivity index (χ1n) is 12.3. The molecule has 2 aliphatic rings. The number of sulfonamides is 1. The maximum Gasteiger partial charge on any atom is 0.245 e. The highest BCUT2D eigenvalue weighted by Gasteiger charge is 2.52. The van der Waals surface area contributed by atoms with E-state index in [-0.39, 0.29) is 55.8 Å². The molecule has 2 aliphatic heterocycles. The Kier molecular flexibility index (Phi) is 6.95. The molecule has 2 N–H and O–H groups in total. The summed E-state index contributed by atoms with van der Waals surface area (Å²) < 4.78 is 28.8. The van der Waals surface area contributed by atoms with Crippen molar-refractivity contribution in [2.45, 2.75) is 37.3 Å². The lowest BCUT2D eigenvalue weighted by Crippen LogP contribution is -2.75. The van der Waals surface area contributed by atoms with Crippen LogP contribution in [-0.4, -0.2) is 87.1 Å². The first-order chi connectivity index (χ1) is 18.2. The van der Waals surface area contributed by atoms with Crippen molar-refractivity contribution >= 4 is 32.7 Å². The number of nitrogens with one attached hydrogen (secondary N) is 1. The SMILES string of the molecule is C=C(O)CC[C@H]1C(=O)N(Cc2cccc3cn[nH]c23)C[C@H]2N1C(=O)CN(C)N2S(=O)(=O)Cc1ccccc1. The second kappa shape index (κ2) is 10.2. The summed E-state index contributed by atoms with van der Waals surface area (Å²) in [5.41, 5.74) is 2.22. The Hall–Kier alpha value is -3.74. The lowest BCUT2D eigenvalue weighted by Gasteiger charge is -2.54. The van der Waals surface area contributed by atoms with Crippen molar-refractivity contribution in [3.8, 4) is 0 Å². The third-order valence-electron chi connectivity index (χ3n) is 6.99. The average Bonchev–Trinajstić information content (AvgIpc) is 3.34. The molecule has 3 heterocycles. The van der Waals surface area contributed by atoms with Crippen molar-refractivity contribution in [3.63, 3.8) is 0 Å². The number of carbonyl (C=O) groups is 2. The molecule has 3 aromatic rings. The van der Waals surface area contributed by atoms with Crippen LogP contribution in [0.2, 0.25) is 0 Å². The minimum absolute atomic E-state index is 0.00989. The van der Waals surface area contributed by atoms with Gasteiger partial charge in [0.1, 0.15) is 12.2 Å². The summed E-state index contributed by atoms with van der Waals surface area (Å²) in [6.07, 6.45) is 0.979. The zero-order valence-corrected chi connectivity index (χ0v) is 21.8. The molecule has 0 aliphatic carbocycles. The molecule has 5 rings (SSSR count). The number of H-pyrrole nitrogens is 1. The number of carbonyl (C=O) groups excluding carboxylic acids is 2. The predicted octanol–water partition coefficient (Wildman–Crippen LogP) is 1.97. The third kappa shape index (κ3) is 4.89. The summed E-state index contributed by atoms with van der Waals surface area (Å²) in [5, 5.41) is 19.1. The number of hydrogen-bond donors (Lipinski definition) is 2. The normalized spacial score (nSPS) is 21.2. The molecule has 0 bridgehead atoms. The van der Waals surface area contributed by atoms with Crippen LogP contribution in [0.5, 0.6) is 0 Å². The highest BCUT2D eigenvalue weighted by atomic mass is 32.2. The van der Waals surface area contributed by atoms with Crippen molar-refractivity contribution in [2.75, 3.05) is 20.1 Å². The number of benzene rings is 2. The molecule has 1 aromatic heterocycles. The molecule has 2 amide bonds. The maximum atomic E-state index is 13.8. The van der Waals surface area contributed by atoms with Crippen molar-refractivity contribution in [3.05, 3.63) is 78.2 Å². The molecule has 2 saturated heterocycles. The van der Waals surface area contributed by atoms with Crippen molar-refractivity contribution < 1.29 is 23.1 Å². The van der Waals surface area contributed by atoms with Crippen LogP contribution >= 0.6 is 0 Å². The number of aromatic nitrogens is 2. The van der Waals surface area contributed by atoms with Crippen LogP contribution in [0.3, 0.4) is 0 Å². The van der Waals surface area contributed by atoms with Gasteiger partial charge >= 0.3 is 0 Å². The van der Waals surface area contributed by atoms with Gasteiger partial charge in [-0.25, -0.2) is 13.4 Å². The van der Waals surface area contributed by atoms with Crippen LogP contribution in [0.15, 0.2) is 67.1 Å². The van der Waals surface area contributed by atoms with Gasteiger partial charge < -0.3 is 14.9 Å². The fourth-order valence-electron chi connectivity index (χ4n) is 5.33. The van der Waals surface area contributed by atoms with Crippen LogP contribution in [0, 0.1) is 0 Å². The van der Waals surface area contributed by atoms with Crippen molar-refractivity contribution in [2.24, 2.45) is 0 Å². The van der Waals surface area contributed by atoms with E-state index in [0.717, 1.165) is 16.5 Å². The molecule has 2 fully saturated rings. The standard InChI is InChI=1S/C26H30N6O5S/c1-18(33)11-12-22-26(35)30(14-21-10-6-9-20-13-27-28-25(20)21)15-23-31(22)24(34)16-29(2)32(23)38(36,37)17-19-7-4-3-5-8-19/h3-10,13,22-23,33H,1,11-12,14-17H2,2H3,(H,27,28)/t22-,23-/m0/s1. The fraction of sp³-hybridized carbons (Fsp3) is 0.346. The van der Waals surface area contributed by atoms with Crippen LogP contribution in [-0.2, 0) is 31.9 Å². The number of aromatic amines is 1. The largest absolute Gasteiger partial charge is 0.513 e. The van der Waals surface area contributed by atoms with Gasteiger partial charge in [-0.15, -0.1) is 4.41 Å². The van der Waals surface area contributed by atoms with E-state index >= 15 is 0 Å². The second-order valence-corrected chi connectivity index (χ2v) is 11.5. The highest BCUT2D eigenvalue weighted by molar-refractivity contribution is 7.88. The summed E-state index contributed by atoms with van der Waals surface area (Å²) in [5.74, 6) is -1.02. The highest BCUT2D eigenvalue weighted by Crippen LogP contribution is 2.32. The lowest BCUT2D eigenvalue weighted by molar-refractivity contribution is -0.182. The van der Waals surface area contributed by atoms with Gasteiger partial charge in [-0.2, -0.15) is 5.10 Å². The van der Waals surface area contributed by atoms with E-state index in [4.69, 9.17) is 0 Å². The monoisotopic (exact) mass is 538 g/mol. The van der Waals surface area contributed by atoms with Gasteiger partial charge in [-0.05, 0) is 17.5 Å². The lowest BCUT2D eigenvalue weighted by atomic mass is 10.0. The molecule has 0 saturated carbocycles. The van der Waals surface area contributed by atoms with Gasteiger partial charge in [0.25, 0.3) is 0 Å². The second-order valence-electron chi connectivity index (χ2n) is 9.70. The molecule has 2 atom stereocenters. The molecule has 0 radical (unpaired) electrons. The van der Waals surface area contributed by atoms with Gasteiger partial charge in [0.15, 0.2) is 0 Å². The van der Waals surface area contributed by atoms with Crippen LogP contribution < -0.4 is 0 Å². The van der Waals surface area contributed by atoms with Crippen LogP contribution in [0.1, 0.15) is 24.0 Å². The molecular formula is C26H30N6O5S. The Morgan fingerprint density at radius 3 is 2.66 bits per heavy atom. The Morgan fingerprint density at radius 2 is 1.92 bits per heavy atom. The number of rotatable bonds is 8. The number of fused-ring (bicyclic) bond motifs is 2. The number of para-hydroxylation sites is 1. The summed E-state index contributed by atoms with van der Waals surface area (Å²) >= 11 is 0. The quantitative estimate of drug-likeness (QED) is 0.420. The van der Waals surface area contributed by atoms with Gasteiger partial charge in [-0.3, -0.25) is 14.7 Å². The molecule has 11 nitrogen and oxygen atoms in total. The van der Waals surface area contributed by atoms with E-state index in [1.54, 1.807) is 42.4 Å².